The van der Waals surface area contributed by atoms with Gasteiger partial charge < -0.3 is 0 Å². The number of hydrogen-bond donors (Lipinski definition) is 0. The Hall–Kier alpha value is 0. The minimum atomic E-state index is 1.04. The normalized spacial score (nSPS) is 19.9. The fourth-order valence-corrected chi connectivity index (χ4v) is 3.28. The van der Waals surface area contributed by atoms with Crippen LogP contribution in [-0.2, 0) is 0 Å². The van der Waals surface area contributed by atoms with Crippen molar-refractivity contribution in [2.75, 3.05) is 0 Å². The summed E-state index contributed by atoms with van der Waals surface area (Å²) in [5, 5.41) is 0. The Morgan fingerprint density at radius 2 is 1.69 bits per heavy atom. The van der Waals surface area contributed by atoms with Crippen LogP contribution >= 0.6 is 0 Å². The van der Waals surface area contributed by atoms with Crippen molar-refractivity contribution in [3.05, 3.63) is 6.92 Å². The van der Waals surface area contributed by atoms with Crippen molar-refractivity contribution >= 4 is 0 Å². The third kappa shape index (κ3) is 5.37. The highest BCUT2D eigenvalue weighted by molar-refractivity contribution is 4.74. The van der Waals surface area contributed by atoms with Crippen LogP contribution in [0.1, 0.15) is 84.0 Å². The summed E-state index contributed by atoms with van der Waals surface area (Å²) >= 11 is 0. The highest BCUT2D eigenvalue weighted by Crippen LogP contribution is 2.35. The van der Waals surface area contributed by atoms with Crippen LogP contribution in [0.2, 0.25) is 0 Å². The first-order chi connectivity index (χ1) is 7.88. The van der Waals surface area contributed by atoms with Gasteiger partial charge in [-0.2, -0.15) is 0 Å². The first-order valence-corrected chi connectivity index (χ1v) is 7.67. The molecule has 1 radical (unpaired) electrons. The summed E-state index contributed by atoms with van der Waals surface area (Å²) in [5.74, 6) is 2.10. The first kappa shape index (κ1) is 14.1. The Morgan fingerprint density at radius 1 is 1.00 bits per heavy atom. The molecule has 0 N–H and O–H groups in total. The molecule has 1 aliphatic carbocycles. The molecule has 0 nitrogen and oxygen atoms in total. The van der Waals surface area contributed by atoms with E-state index < -0.39 is 0 Å². The maximum Gasteiger partial charge on any atom is -0.0386 e. The minimum Gasteiger partial charge on any atom is -0.0654 e. The van der Waals surface area contributed by atoms with Gasteiger partial charge in [0.1, 0.15) is 0 Å². The highest BCUT2D eigenvalue weighted by atomic mass is 14.3. The van der Waals surface area contributed by atoms with Crippen molar-refractivity contribution in [1.29, 1.82) is 0 Å². The van der Waals surface area contributed by atoms with Gasteiger partial charge in [0.2, 0.25) is 0 Å². The van der Waals surface area contributed by atoms with Gasteiger partial charge in [-0.1, -0.05) is 90.9 Å². The molecule has 0 bridgehead atoms. The molecule has 1 saturated carbocycles. The Morgan fingerprint density at radius 3 is 2.31 bits per heavy atom. The topological polar surface area (TPSA) is 0 Å². The molecule has 1 unspecified atom stereocenters. The Bertz CT molecular complexity index is 144. The highest BCUT2D eigenvalue weighted by Gasteiger charge is 2.22. The zero-order chi connectivity index (χ0) is 11.6. The van der Waals surface area contributed by atoms with Gasteiger partial charge in [-0.25, -0.2) is 0 Å². The molecule has 0 saturated heterocycles. The summed E-state index contributed by atoms with van der Waals surface area (Å²) in [7, 11) is 0. The van der Waals surface area contributed by atoms with Crippen LogP contribution in [0.4, 0.5) is 0 Å². The molecule has 1 atom stereocenters. The quantitative estimate of drug-likeness (QED) is 0.458. The molecule has 0 spiro atoms. The van der Waals surface area contributed by atoms with E-state index in [0.717, 1.165) is 18.3 Å². The molecular formula is C16H31. The second-order valence-electron chi connectivity index (χ2n) is 5.65. The maximum absolute atomic E-state index is 4.00. The van der Waals surface area contributed by atoms with Crippen LogP contribution in [0.3, 0.4) is 0 Å². The van der Waals surface area contributed by atoms with Crippen molar-refractivity contribution in [3.8, 4) is 0 Å². The van der Waals surface area contributed by atoms with Gasteiger partial charge in [0.15, 0.2) is 0 Å². The largest absolute Gasteiger partial charge is 0.0654 e. The third-order valence-electron chi connectivity index (χ3n) is 4.32. The predicted octanol–water partition coefficient (Wildman–Crippen LogP) is 5.77. The SMILES string of the molecule is [CH2]CCCC(CCCCC)C1CCCCC1. The van der Waals surface area contributed by atoms with Gasteiger partial charge in [0.05, 0.1) is 0 Å². The summed E-state index contributed by atoms with van der Waals surface area (Å²) in [4.78, 5) is 0. The molecule has 0 aromatic heterocycles. The Balaban J connectivity index is 2.28. The van der Waals surface area contributed by atoms with E-state index in [1.54, 1.807) is 0 Å². The molecule has 95 valence electrons. The Labute approximate surface area is 103 Å². The fourth-order valence-electron chi connectivity index (χ4n) is 3.28. The van der Waals surface area contributed by atoms with Crippen LogP contribution in [0.15, 0.2) is 0 Å². The van der Waals surface area contributed by atoms with Crippen molar-refractivity contribution in [3.63, 3.8) is 0 Å². The average molecular weight is 223 g/mol. The van der Waals surface area contributed by atoms with Crippen molar-refractivity contribution in [1.82, 2.24) is 0 Å². The zero-order valence-electron chi connectivity index (χ0n) is 11.3. The second kappa shape index (κ2) is 9.07. The summed E-state index contributed by atoms with van der Waals surface area (Å²) in [6.45, 7) is 6.31. The summed E-state index contributed by atoms with van der Waals surface area (Å²) < 4.78 is 0. The summed E-state index contributed by atoms with van der Waals surface area (Å²) in [6.07, 6.45) is 17.3. The van der Waals surface area contributed by atoms with Gasteiger partial charge >= 0.3 is 0 Å². The van der Waals surface area contributed by atoms with Crippen molar-refractivity contribution in [2.24, 2.45) is 11.8 Å². The Kier molecular flexibility index (Phi) is 7.98. The second-order valence-corrected chi connectivity index (χ2v) is 5.65. The fraction of sp³-hybridized carbons (Fsp3) is 0.938. The molecule has 0 heterocycles. The maximum atomic E-state index is 4.00. The van der Waals surface area contributed by atoms with Gasteiger partial charge in [-0.3, -0.25) is 0 Å². The molecule has 0 aromatic carbocycles. The van der Waals surface area contributed by atoms with E-state index in [4.69, 9.17) is 0 Å². The van der Waals surface area contributed by atoms with Crippen molar-refractivity contribution in [2.45, 2.75) is 84.0 Å². The summed E-state index contributed by atoms with van der Waals surface area (Å²) in [6, 6.07) is 0. The molecule has 1 fully saturated rings. The molecule has 0 heteroatoms. The van der Waals surface area contributed by atoms with Crippen LogP contribution in [-0.4, -0.2) is 0 Å². The van der Waals surface area contributed by atoms with Crippen LogP contribution in [0.5, 0.6) is 0 Å². The van der Waals surface area contributed by atoms with Gasteiger partial charge in [0.25, 0.3) is 0 Å². The van der Waals surface area contributed by atoms with E-state index >= 15 is 0 Å². The number of unbranched alkanes of at least 4 members (excludes halogenated alkanes) is 3. The lowest BCUT2D eigenvalue weighted by atomic mass is 9.76. The lowest BCUT2D eigenvalue weighted by Gasteiger charge is -2.30. The standard InChI is InChI=1S/C16H31/c1-3-5-8-12-15(11-6-4-2)16-13-9-7-10-14-16/h15-16H,2-14H2,1H3. The average Bonchev–Trinajstić information content (AvgIpc) is 2.35. The molecular weight excluding hydrogens is 192 g/mol. The number of hydrogen-bond acceptors (Lipinski definition) is 0. The minimum absolute atomic E-state index is 1.04. The molecule has 0 aliphatic heterocycles. The summed E-state index contributed by atoms with van der Waals surface area (Å²) in [5.41, 5.74) is 0. The molecule has 1 aliphatic rings. The van der Waals surface area contributed by atoms with E-state index in [9.17, 15) is 0 Å². The van der Waals surface area contributed by atoms with E-state index in [2.05, 4.69) is 13.8 Å². The van der Waals surface area contributed by atoms with Crippen LogP contribution in [0.25, 0.3) is 0 Å². The smallest absolute Gasteiger partial charge is 0.0386 e. The third-order valence-corrected chi connectivity index (χ3v) is 4.32. The lowest BCUT2D eigenvalue weighted by Crippen LogP contribution is -2.18. The molecule has 0 amide bonds. The van der Waals surface area contributed by atoms with Gasteiger partial charge in [-0.05, 0) is 11.8 Å². The molecule has 1 rings (SSSR count). The molecule has 16 heavy (non-hydrogen) atoms. The van der Waals surface area contributed by atoms with Gasteiger partial charge in [-0.15, -0.1) is 0 Å². The van der Waals surface area contributed by atoms with Gasteiger partial charge in [0, 0.05) is 0 Å². The molecule has 0 aromatic rings. The zero-order valence-corrected chi connectivity index (χ0v) is 11.3. The van der Waals surface area contributed by atoms with E-state index in [0.29, 0.717) is 0 Å². The monoisotopic (exact) mass is 223 g/mol. The van der Waals surface area contributed by atoms with E-state index in [1.807, 2.05) is 0 Å². The van der Waals surface area contributed by atoms with E-state index in [-0.39, 0.29) is 0 Å². The predicted molar refractivity (Wildman–Crippen MR) is 73.4 cm³/mol. The van der Waals surface area contributed by atoms with Crippen LogP contribution in [0, 0.1) is 18.8 Å². The first-order valence-electron chi connectivity index (χ1n) is 7.67. The number of rotatable bonds is 8. The van der Waals surface area contributed by atoms with Crippen LogP contribution < -0.4 is 0 Å². The van der Waals surface area contributed by atoms with Crippen molar-refractivity contribution < 1.29 is 0 Å². The van der Waals surface area contributed by atoms with E-state index in [1.165, 1.54) is 70.6 Å². The lowest BCUT2D eigenvalue weighted by molar-refractivity contribution is 0.217.